The molecule has 0 spiro atoms. The first-order chi connectivity index (χ1) is 11.3. The highest BCUT2D eigenvalue weighted by Gasteiger charge is 2.27. The summed E-state index contributed by atoms with van der Waals surface area (Å²) in [5.74, 6) is 1.86. The van der Waals surface area contributed by atoms with Crippen molar-refractivity contribution in [1.29, 1.82) is 0 Å². The number of guanidine groups is 1. The zero-order chi connectivity index (χ0) is 16.3. The van der Waals surface area contributed by atoms with Gasteiger partial charge in [0.25, 0.3) is 0 Å². The summed E-state index contributed by atoms with van der Waals surface area (Å²) in [6, 6.07) is 0.675. The van der Waals surface area contributed by atoms with Crippen LogP contribution in [0.25, 0.3) is 0 Å². The molecule has 134 valence electrons. The van der Waals surface area contributed by atoms with Gasteiger partial charge in [-0.2, -0.15) is 0 Å². The number of nitrogens with one attached hydrogen (secondary N) is 2. The number of hydrogen-bond acceptors (Lipinski definition) is 3. The number of methoxy groups -OCH3 is 1. The van der Waals surface area contributed by atoms with E-state index >= 15 is 0 Å². The van der Waals surface area contributed by atoms with Gasteiger partial charge in [-0.1, -0.05) is 19.3 Å². The fourth-order valence-electron chi connectivity index (χ4n) is 3.93. The number of ether oxygens (including phenoxy) is 1. The van der Waals surface area contributed by atoms with Crippen LogP contribution < -0.4 is 10.6 Å². The van der Waals surface area contributed by atoms with E-state index < -0.39 is 0 Å². The Balaban J connectivity index is 1.68. The number of aliphatic imine (C=N–C) groups is 1. The fraction of sp³-hybridized carbons (Fsp3) is 0.944. The van der Waals surface area contributed by atoms with Crippen LogP contribution in [0.3, 0.4) is 0 Å². The van der Waals surface area contributed by atoms with Crippen molar-refractivity contribution in [2.75, 3.05) is 46.9 Å². The van der Waals surface area contributed by atoms with Crippen LogP contribution in [0.2, 0.25) is 0 Å². The number of rotatable bonds is 8. The van der Waals surface area contributed by atoms with Crippen LogP contribution in [-0.4, -0.2) is 63.8 Å². The average Bonchev–Trinajstić information content (AvgIpc) is 3.02. The van der Waals surface area contributed by atoms with Crippen molar-refractivity contribution in [2.45, 2.75) is 57.4 Å². The van der Waals surface area contributed by atoms with Crippen LogP contribution in [-0.2, 0) is 4.74 Å². The monoisotopic (exact) mass is 324 g/mol. The minimum absolute atomic E-state index is 0.675. The highest BCUT2D eigenvalue weighted by molar-refractivity contribution is 5.79. The molecule has 2 N–H and O–H groups in total. The molecule has 0 amide bonds. The summed E-state index contributed by atoms with van der Waals surface area (Å²) < 4.78 is 5.08. The van der Waals surface area contributed by atoms with Crippen molar-refractivity contribution >= 4 is 5.96 Å². The van der Waals surface area contributed by atoms with Crippen LogP contribution in [0.5, 0.6) is 0 Å². The smallest absolute Gasteiger partial charge is 0.191 e. The molecule has 1 aliphatic heterocycles. The first kappa shape index (κ1) is 18.5. The highest BCUT2D eigenvalue weighted by Crippen LogP contribution is 2.27. The summed E-state index contributed by atoms with van der Waals surface area (Å²) in [6.45, 7) is 5.30. The molecule has 5 heteroatoms. The zero-order valence-corrected chi connectivity index (χ0v) is 15.1. The summed E-state index contributed by atoms with van der Waals surface area (Å²) in [4.78, 5) is 7.05. The van der Waals surface area contributed by atoms with Gasteiger partial charge in [-0.15, -0.1) is 0 Å². The van der Waals surface area contributed by atoms with Gasteiger partial charge in [-0.05, 0) is 44.6 Å². The maximum Gasteiger partial charge on any atom is 0.191 e. The van der Waals surface area contributed by atoms with Crippen LogP contribution in [0.4, 0.5) is 0 Å². The minimum Gasteiger partial charge on any atom is -0.385 e. The van der Waals surface area contributed by atoms with E-state index in [4.69, 9.17) is 4.74 Å². The second kappa shape index (κ2) is 10.9. The number of hydrogen-bond donors (Lipinski definition) is 2. The quantitative estimate of drug-likeness (QED) is 0.408. The van der Waals surface area contributed by atoms with Gasteiger partial charge in [0.1, 0.15) is 0 Å². The molecular formula is C18H36N4O. The maximum atomic E-state index is 5.08. The maximum absolute atomic E-state index is 5.08. The Labute approximate surface area is 142 Å². The Morgan fingerprint density at radius 3 is 2.70 bits per heavy atom. The van der Waals surface area contributed by atoms with Crippen molar-refractivity contribution in [2.24, 2.45) is 10.9 Å². The van der Waals surface area contributed by atoms with Gasteiger partial charge in [0, 0.05) is 46.4 Å². The van der Waals surface area contributed by atoms with Crippen molar-refractivity contribution in [3.05, 3.63) is 0 Å². The predicted molar refractivity (Wildman–Crippen MR) is 97.0 cm³/mol. The average molecular weight is 325 g/mol. The Kier molecular flexibility index (Phi) is 8.76. The molecule has 23 heavy (non-hydrogen) atoms. The second-order valence-electron chi connectivity index (χ2n) is 7.02. The minimum atomic E-state index is 0.675. The summed E-state index contributed by atoms with van der Waals surface area (Å²) in [5.41, 5.74) is 0. The largest absolute Gasteiger partial charge is 0.385 e. The Hall–Kier alpha value is -0.810. The van der Waals surface area contributed by atoms with Gasteiger partial charge < -0.3 is 15.4 Å². The lowest BCUT2D eigenvalue weighted by Gasteiger charge is -2.31. The van der Waals surface area contributed by atoms with Crippen LogP contribution in [0.1, 0.15) is 51.4 Å². The number of nitrogens with zero attached hydrogens (tertiary/aromatic N) is 2. The van der Waals surface area contributed by atoms with E-state index in [2.05, 4.69) is 20.5 Å². The molecule has 5 nitrogen and oxygen atoms in total. The lowest BCUT2D eigenvalue weighted by Crippen LogP contribution is -2.46. The van der Waals surface area contributed by atoms with E-state index in [1.165, 1.54) is 58.0 Å². The Morgan fingerprint density at radius 1 is 1.13 bits per heavy atom. The van der Waals surface area contributed by atoms with Crippen molar-refractivity contribution in [1.82, 2.24) is 15.5 Å². The van der Waals surface area contributed by atoms with E-state index in [9.17, 15) is 0 Å². The molecule has 0 aromatic carbocycles. The van der Waals surface area contributed by atoms with E-state index in [-0.39, 0.29) is 0 Å². The molecule has 1 unspecified atom stereocenters. The Morgan fingerprint density at radius 2 is 1.96 bits per heavy atom. The topological polar surface area (TPSA) is 48.9 Å². The van der Waals surface area contributed by atoms with Gasteiger partial charge in [-0.3, -0.25) is 9.89 Å². The molecule has 1 heterocycles. The van der Waals surface area contributed by atoms with Crippen molar-refractivity contribution < 1.29 is 4.74 Å². The third kappa shape index (κ3) is 6.68. The van der Waals surface area contributed by atoms with Crippen LogP contribution >= 0.6 is 0 Å². The SMILES string of the molecule is CN=C(NCCCOC)NCC1CCCN1CC1CCCCC1. The molecular weight excluding hydrogens is 288 g/mol. The Bertz CT molecular complexity index is 342. The molecule has 0 radical (unpaired) electrons. The molecule has 1 saturated heterocycles. The van der Waals surface area contributed by atoms with E-state index in [1.807, 2.05) is 7.05 Å². The highest BCUT2D eigenvalue weighted by atomic mass is 16.5. The van der Waals surface area contributed by atoms with Gasteiger partial charge in [0.2, 0.25) is 0 Å². The van der Waals surface area contributed by atoms with Crippen LogP contribution in [0, 0.1) is 5.92 Å². The predicted octanol–water partition coefficient (Wildman–Crippen LogP) is 2.23. The third-order valence-corrected chi connectivity index (χ3v) is 5.26. The summed E-state index contributed by atoms with van der Waals surface area (Å²) in [5, 5.41) is 6.88. The van der Waals surface area contributed by atoms with Gasteiger partial charge in [-0.25, -0.2) is 0 Å². The molecule has 1 aliphatic carbocycles. The van der Waals surface area contributed by atoms with Gasteiger partial charge >= 0.3 is 0 Å². The first-order valence-corrected chi connectivity index (χ1v) is 9.51. The van der Waals surface area contributed by atoms with Crippen LogP contribution in [0.15, 0.2) is 4.99 Å². The second-order valence-corrected chi connectivity index (χ2v) is 7.02. The number of likely N-dealkylation sites (tertiary alicyclic amines) is 1. The molecule has 2 fully saturated rings. The normalized spacial score (nSPS) is 24.1. The zero-order valence-electron chi connectivity index (χ0n) is 15.1. The van der Waals surface area contributed by atoms with Crippen molar-refractivity contribution in [3.63, 3.8) is 0 Å². The van der Waals surface area contributed by atoms with E-state index in [0.29, 0.717) is 6.04 Å². The lowest BCUT2D eigenvalue weighted by atomic mass is 9.89. The molecule has 2 rings (SSSR count). The molecule has 0 bridgehead atoms. The summed E-state index contributed by atoms with van der Waals surface area (Å²) >= 11 is 0. The molecule has 0 aromatic rings. The van der Waals surface area contributed by atoms with E-state index in [0.717, 1.165) is 38.0 Å². The molecule has 0 aromatic heterocycles. The summed E-state index contributed by atoms with van der Waals surface area (Å²) in [7, 11) is 3.59. The standard InChI is InChI=1S/C18H36N4O/c1-19-18(20-11-7-13-23-2)21-14-17-10-6-12-22(17)15-16-8-4-3-5-9-16/h16-17H,3-15H2,1-2H3,(H2,19,20,21). The fourth-order valence-corrected chi connectivity index (χ4v) is 3.93. The third-order valence-electron chi connectivity index (χ3n) is 5.26. The summed E-state index contributed by atoms with van der Waals surface area (Å²) in [6.07, 6.45) is 10.9. The van der Waals surface area contributed by atoms with Crippen molar-refractivity contribution in [3.8, 4) is 0 Å². The van der Waals surface area contributed by atoms with E-state index in [1.54, 1.807) is 7.11 Å². The molecule has 2 aliphatic rings. The van der Waals surface area contributed by atoms with Gasteiger partial charge in [0.15, 0.2) is 5.96 Å². The molecule has 1 atom stereocenters. The lowest BCUT2D eigenvalue weighted by molar-refractivity contribution is 0.187. The molecule has 1 saturated carbocycles. The first-order valence-electron chi connectivity index (χ1n) is 9.51. The van der Waals surface area contributed by atoms with Gasteiger partial charge in [0.05, 0.1) is 0 Å².